The number of allylic oxidation sites excluding steroid dienone is 2. The Morgan fingerprint density at radius 1 is 0.871 bits per heavy atom. The third-order valence-corrected chi connectivity index (χ3v) is 6.45. The second-order valence-electron chi connectivity index (χ2n) is 8.23. The molecule has 1 aliphatic carbocycles. The Bertz CT molecular complexity index is 1520. The molecule has 5 heteroatoms. The highest BCUT2D eigenvalue weighted by atomic mass is 16.3. The predicted molar refractivity (Wildman–Crippen MR) is 124 cm³/mol. The largest absolute Gasteiger partial charge is 0.456 e. The average Bonchev–Trinajstić information content (AvgIpc) is 3.53. The molecule has 150 valence electrons. The SMILES string of the molecule is C1=CC2CNN(c3ccc4oc5ccc(-n6ncc7ccccc76)cc5c4c3)C2C=C1. The van der Waals surface area contributed by atoms with Gasteiger partial charge in [0.2, 0.25) is 0 Å². The van der Waals surface area contributed by atoms with Crippen LogP contribution in [0.25, 0.3) is 38.5 Å². The smallest absolute Gasteiger partial charge is 0.135 e. The van der Waals surface area contributed by atoms with Crippen LogP contribution >= 0.6 is 0 Å². The van der Waals surface area contributed by atoms with Gasteiger partial charge in [-0.15, -0.1) is 0 Å². The number of aromatic nitrogens is 2. The highest BCUT2D eigenvalue weighted by Crippen LogP contribution is 2.35. The molecule has 1 saturated heterocycles. The van der Waals surface area contributed by atoms with Gasteiger partial charge in [-0.1, -0.05) is 42.5 Å². The molecule has 1 fully saturated rings. The molecule has 0 amide bonds. The van der Waals surface area contributed by atoms with E-state index in [0.29, 0.717) is 12.0 Å². The molecule has 2 unspecified atom stereocenters. The van der Waals surface area contributed by atoms with Crippen LogP contribution in [0.5, 0.6) is 0 Å². The molecule has 2 aromatic heterocycles. The van der Waals surface area contributed by atoms with E-state index in [9.17, 15) is 0 Å². The van der Waals surface area contributed by atoms with E-state index in [0.717, 1.165) is 50.8 Å². The van der Waals surface area contributed by atoms with Gasteiger partial charge in [-0.2, -0.15) is 5.10 Å². The zero-order valence-corrected chi connectivity index (χ0v) is 16.8. The summed E-state index contributed by atoms with van der Waals surface area (Å²) in [6.07, 6.45) is 10.7. The Labute approximate surface area is 178 Å². The number of hydrazine groups is 1. The van der Waals surface area contributed by atoms with Crippen molar-refractivity contribution in [2.75, 3.05) is 11.6 Å². The number of nitrogens with zero attached hydrogens (tertiary/aromatic N) is 3. The molecule has 5 nitrogen and oxygen atoms in total. The van der Waals surface area contributed by atoms with E-state index in [-0.39, 0.29) is 0 Å². The predicted octanol–water partition coefficient (Wildman–Crippen LogP) is 5.36. The van der Waals surface area contributed by atoms with Crippen molar-refractivity contribution in [2.45, 2.75) is 6.04 Å². The molecule has 2 aliphatic rings. The van der Waals surface area contributed by atoms with Crippen molar-refractivity contribution < 1.29 is 4.42 Å². The van der Waals surface area contributed by atoms with Crippen molar-refractivity contribution in [3.63, 3.8) is 0 Å². The average molecular weight is 404 g/mol. The Balaban J connectivity index is 1.37. The van der Waals surface area contributed by atoms with Crippen LogP contribution in [-0.4, -0.2) is 22.4 Å². The van der Waals surface area contributed by atoms with Crippen molar-refractivity contribution in [3.05, 3.63) is 91.2 Å². The maximum absolute atomic E-state index is 6.14. The standard InChI is InChI=1S/C26H20N4O/c1-3-7-23-17(5-1)15-27-29(23)19-9-11-25-21(13-19)22-14-20(10-12-26(22)31-25)30-24-8-4-2-6-18(24)16-28-30/h1-15,18,24,28H,16H2. The first kappa shape index (κ1) is 16.9. The summed E-state index contributed by atoms with van der Waals surface area (Å²) in [7, 11) is 0. The van der Waals surface area contributed by atoms with Gasteiger partial charge in [-0.3, -0.25) is 0 Å². The molecule has 1 aliphatic heterocycles. The number of hydrogen-bond donors (Lipinski definition) is 1. The zero-order chi connectivity index (χ0) is 20.4. The molecule has 3 heterocycles. The van der Waals surface area contributed by atoms with E-state index in [2.05, 4.69) is 82.3 Å². The number of anilines is 1. The number of hydrogen-bond acceptors (Lipinski definition) is 4. The van der Waals surface area contributed by atoms with Crippen LogP contribution < -0.4 is 10.4 Å². The molecule has 0 saturated carbocycles. The maximum Gasteiger partial charge on any atom is 0.135 e. The van der Waals surface area contributed by atoms with Crippen LogP contribution in [0.2, 0.25) is 0 Å². The molecular weight excluding hydrogens is 384 g/mol. The van der Waals surface area contributed by atoms with E-state index < -0.39 is 0 Å². The van der Waals surface area contributed by atoms with Gasteiger partial charge in [0.05, 0.1) is 29.1 Å². The third kappa shape index (κ3) is 2.50. The normalized spacial score (nSPS) is 20.3. The van der Waals surface area contributed by atoms with Gasteiger partial charge in [-0.05, 0) is 42.5 Å². The molecule has 1 N–H and O–H groups in total. The fourth-order valence-corrected chi connectivity index (χ4v) is 4.89. The highest BCUT2D eigenvalue weighted by Gasteiger charge is 2.32. The second kappa shape index (κ2) is 6.33. The fourth-order valence-electron chi connectivity index (χ4n) is 4.89. The van der Waals surface area contributed by atoms with E-state index in [1.807, 2.05) is 29.1 Å². The van der Waals surface area contributed by atoms with Crippen LogP contribution in [0.1, 0.15) is 0 Å². The summed E-state index contributed by atoms with van der Waals surface area (Å²) in [6.45, 7) is 0.951. The Kier molecular flexibility index (Phi) is 3.45. The number of para-hydroxylation sites is 1. The minimum atomic E-state index is 0.339. The first-order valence-electron chi connectivity index (χ1n) is 10.6. The highest BCUT2D eigenvalue weighted by molar-refractivity contribution is 6.06. The summed E-state index contributed by atoms with van der Waals surface area (Å²) in [5.41, 5.74) is 8.62. The number of furan rings is 1. The van der Waals surface area contributed by atoms with Gasteiger partial charge in [0.25, 0.3) is 0 Å². The molecular formula is C26H20N4O. The molecule has 5 aromatic rings. The van der Waals surface area contributed by atoms with E-state index >= 15 is 0 Å². The molecule has 31 heavy (non-hydrogen) atoms. The van der Waals surface area contributed by atoms with Crippen molar-refractivity contribution in [2.24, 2.45) is 5.92 Å². The van der Waals surface area contributed by atoms with Gasteiger partial charge >= 0.3 is 0 Å². The number of benzene rings is 3. The number of nitrogens with one attached hydrogen (secondary N) is 1. The lowest BCUT2D eigenvalue weighted by Crippen LogP contribution is -2.37. The number of rotatable bonds is 2. The summed E-state index contributed by atoms with van der Waals surface area (Å²) in [4.78, 5) is 0. The van der Waals surface area contributed by atoms with E-state index in [1.165, 1.54) is 0 Å². The van der Waals surface area contributed by atoms with E-state index in [4.69, 9.17) is 4.42 Å². The van der Waals surface area contributed by atoms with Crippen LogP contribution in [0.15, 0.2) is 95.6 Å². The second-order valence-corrected chi connectivity index (χ2v) is 8.23. The van der Waals surface area contributed by atoms with Gasteiger partial charge in [0, 0.05) is 28.6 Å². The summed E-state index contributed by atoms with van der Waals surface area (Å²) < 4.78 is 8.13. The van der Waals surface area contributed by atoms with Crippen molar-refractivity contribution >= 4 is 38.5 Å². The number of fused-ring (bicyclic) bond motifs is 5. The lowest BCUT2D eigenvalue weighted by molar-refractivity contribution is 0.665. The molecule has 7 rings (SSSR count). The van der Waals surface area contributed by atoms with Crippen LogP contribution in [0.3, 0.4) is 0 Å². The summed E-state index contributed by atoms with van der Waals surface area (Å²) in [6, 6.07) is 21.3. The third-order valence-electron chi connectivity index (χ3n) is 6.45. The van der Waals surface area contributed by atoms with Crippen molar-refractivity contribution in [1.29, 1.82) is 0 Å². The van der Waals surface area contributed by atoms with Gasteiger partial charge in [-0.25, -0.2) is 10.1 Å². The maximum atomic E-state index is 6.14. The Morgan fingerprint density at radius 3 is 2.55 bits per heavy atom. The van der Waals surface area contributed by atoms with Gasteiger partial charge in [0.15, 0.2) is 0 Å². The summed E-state index contributed by atoms with van der Waals surface area (Å²) in [5.74, 6) is 0.501. The Morgan fingerprint density at radius 2 is 1.65 bits per heavy atom. The molecule has 0 spiro atoms. The Hall–Kier alpha value is -3.83. The molecule has 0 bridgehead atoms. The lowest BCUT2D eigenvalue weighted by Gasteiger charge is -2.26. The van der Waals surface area contributed by atoms with Crippen LogP contribution in [0.4, 0.5) is 5.69 Å². The first-order valence-corrected chi connectivity index (χ1v) is 10.6. The minimum absolute atomic E-state index is 0.339. The topological polar surface area (TPSA) is 46.2 Å². The zero-order valence-electron chi connectivity index (χ0n) is 16.8. The summed E-state index contributed by atoms with van der Waals surface area (Å²) in [5, 5.41) is 10.2. The molecule has 2 atom stereocenters. The van der Waals surface area contributed by atoms with Crippen LogP contribution in [-0.2, 0) is 0 Å². The van der Waals surface area contributed by atoms with Crippen LogP contribution in [0, 0.1) is 5.92 Å². The minimum Gasteiger partial charge on any atom is -0.456 e. The van der Waals surface area contributed by atoms with Gasteiger partial charge in [0.1, 0.15) is 11.2 Å². The lowest BCUT2D eigenvalue weighted by atomic mass is 9.96. The molecule has 0 radical (unpaired) electrons. The van der Waals surface area contributed by atoms with Crippen molar-refractivity contribution in [3.8, 4) is 5.69 Å². The molecule has 3 aromatic carbocycles. The quantitative estimate of drug-likeness (QED) is 0.430. The fraction of sp³-hybridized carbons (Fsp3) is 0.115. The van der Waals surface area contributed by atoms with Crippen molar-refractivity contribution in [1.82, 2.24) is 15.2 Å². The van der Waals surface area contributed by atoms with E-state index in [1.54, 1.807) is 0 Å². The van der Waals surface area contributed by atoms with Gasteiger partial charge < -0.3 is 9.43 Å². The first-order chi connectivity index (χ1) is 15.3. The monoisotopic (exact) mass is 404 g/mol. The summed E-state index contributed by atoms with van der Waals surface area (Å²) >= 11 is 0.